The van der Waals surface area contributed by atoms with Crippen molar-refractivity contribution in [2.45, 2.75) is 24.0 Å². The molecule has 0 N–H and O–H groups in total. The van der Waals surface area contributed by atoms with Gasteiger partial charge in [-0.25, -0.2) is 0 Å². The van der Waals surface area contributed by atoms with Crippen LogP contribution in [0.2, 0.25) is 0 Å². The molecule has 0 aromatic carbocycles. The van der Waals surface area contributed by atoms with E-state index in [9.17, 15) is 26.3 Å². The van der Waals surface area contributed by atoms with Crippen LogP contribution < -0.4 is 0 Å². The zero-order valence-electron chi connectivity index (χ0n) is 8.04. The number of hydrogen-bond donors (Lipinski definition) is 0. The lowest BCUT2D eigenvalue weighted by Crippen LogP contribution is -2.50. The highest BCUT2D eigenvalue weighted by molar-refractivity contribution is 7.80. The summed E-state index contributed by atoms with van der Waals surface area (Å²) in [6.45, 7) is 0. The van der Waals surface area contributed by atoms with Gasteiger partial charge >= 0.3 is 11.2 Å². The predicted octanol–water partition coefficient (Wildman–Crippen LogP) is 2.31. The van der Waals surface area contributed by atoms with Crippen molar-refractivity contribution < 1.29 is 26.3 Å². The van der Waals surface area contributed by atoms with Crippen molar-refractivity contribution in [2.75, 3.05) is 0 Å². The third-order valence-electron chi connectivity index (χ3n) is 3.34. The first-order valence-electron chi connectivity index (χ1n) is 4.80. The monoisotopic (exact) mass is 257 g/mol. The summed E-state index contributed by atoms with van der Waals surface area (Å²) in [5, 5.41) is -4.99. The molecule has 0 amide bonds. The number of alkyl halides is 4. The van der Waals surface area contributed by atoms with Crippen molar-refractivity contribution in [3.8, 4) is 0 Å². The van der Waals surface area contributed by atoms with E-state index >= 15 is 0 Å². The van der Waals surface area contributed by atoms with Crippen LogP contribution in [0.3, 0.4) is 0 Å². The third kappa shape index (κ3) is 1.52. The molecule has 1 fully saturated rings. The Morgan fingerprint density at radius 3 is 2.19 bits per heavy atom. The van der Waals surface area contributed by atoms with Crippen LogP contribution in [0.25, 0.3) is 0 Å². The molecule has 4 unspecified atom stereocenters. The molecule has 92 valence electrons. The highest BCUT2D eigenvalue weighted by Gasteiger charge is 2.65. The summed E-state index contributed by atoms with van der Waals surface area (Å²) >= 11 is -4.10. The fourth-order valence-electron chi connectivity index (χ4n) is 2.52. The van der Waals surface area contributed by atoms with E-state index in [2.05, 4.69) is 0 Å². The minimum absolute atomic E-state index is 0.0685. The quantitative estimate of drug-likeness (QED) is 0.442. The molecule has 0 aromatic heterocycles. The summed E-state index contributed by atoms with van der Waals surface area (Å²) < 4.78 is 73.1. The fraction of sp³-hybridized carbons (Fsp3) is 0.778. The molecule has 0 saturated heterocycles. The van der Waals surface area contributed by atoms with Crippen molar-refractivity contribution in [3.05, 3.63) is 12.2 Å². The van der Waals surface area contributed by atoms with Crippen molar-refractivity contribution >= 4 is 11.1 Å². The minimum Gasteiger partial charge on any atom is -0.768 e. The average molecular weight is 257 g/mol. The van der Waals surface area contributed by atoms with Crippen LogP contribution in [-0.2, 0) is 11.1 Å². The maximum Gasteiger partial charge on any atom is 0.371 e. The minimum atomic E-state index is -4.99. The Morgan fingerprint density at radius 1 is 1.19 bits per heavy atom. The molecule has 4 atom stereocenters. The van der Waals surface area contributed by atoms with Crippen LogP contribution in [0.4, 0.5) is 17.6 Å². The van der Waals surface area contributed by atoms with Crippen molar-refractivity contribution in [1.29, 1.82) is 0 Å². The normalized spacial score (nSPS) is 35.7. The molecule has 0 heterocycles. The van der Waals surface area contributed by atoms with Crippen LogP contribution in [0.1, 0.15) is 12.8 Å². The number of fused-ring (bicyclic) bond motifs is 2. The van der Waals surface area contributed by atoms with Gasteiger partial charge in [-0.3, -0.25) is 4.21 Å². The Hall–Kier alpha value is -0.430. The standard InChI is InChI=1S/C9H10F4O2S/c10-8(11,9(12,13)16(14)15)7-4-5-1-2-6(7)3-5/h1-2,5-7H,3-4H2,(H,14,15)/p-1. The summed E-state index contributed by atoms with van der Waals surface area (Å²) in [4.78, 5) is 0. The summed E-state index contributed by atoms with van der Waals surface area (Å²) in [6, 6.07) is 0. The van der Waals surface area contributed by atoms with Gasteiger partial charge in [0.25, 0.3) is 0 Å². The molecule has 1 saturated carbocycles. The second-order valence-corrected chi connectivity index (χ2v) is 5.24. The first kappa shape index (κ1) is 12.0. The van der Waals surface area contributed by atoms with Gasteiger partial charge in [0.05, 0.1) is 0 Å². The largest absolute Gasteiger partial charge is 0.768 e. The van der Waals surface area contributed by atoms with Gasteiger partial charge in [-0.2, -0.15) is 17.6 Å². The Kier molecular flexibility index (Phi) is 2.66. The highest BCUT2D eigenvalue weighted by Crippen LogP contribution is 2.55. The number of hydrogen-bond acceptors (Lipinski definition) is 2. The van der Waals surface area contributed by atoms with Crippen LogP contribution >= 0.6 is 0 Å². The zero-order valence-corrected chi connectivity index (χ0v) is 8.85. The Bertz CT molecular complexity index is 355. The van der Waals surface area contributed by atoms with Gasteiger partial charge in [0, 0.05) is 17.0 Å². The first-order valence-corrected chi connectivity index (χ1v) is 5.87. The van der Waals surface area contributed by atoms with Crippen LogP contribution in [-0.4, -0.2) is 19.9 Å². The van der Waals surface area contributed by atoms with Crippen molar-refractivity contribution in [1.82, 2.24) is 0 Å². The Labute approximate surface area is 92.0 Å². The molecule has 0 radical (unpaired) electrons. The number of allylic oxidation sites excluding steroid dienone is 2. The van der Waals surface area contributed by atoms with Crippen LogP contribution in [0.15, 0.2) is 12.2 Å². The Balaban J connectivity index is 2.26. The van der Waals surface area contributed by atoms with E-state index in [0.29, 0.717) is 6.42 Å². The van der Waals surface area contributed by atoms with E-state index < -0.39 is 34.1 Å². The first-order chi connectivity index (χ1) is 7.26. The second-order valence-electron chi connectivity index (χ2n) is 4.26. The Morgan fingerprint density at radius 2 is 1.81 bits per heavy atom. The lowest BCUT2D eigenvalue weighted by atomic mass is 9.87. The molecular weight excluding hydrogens is 248 g/mol. The molecule has 0 spiro atoms. The summed E-state index contributed by atoms with van der Waals surface area (Å²) in [5.41, 5.74) is 0. The highest BCUT2D eigenvalue weighted by atomic mass is 32.2. The zero-order chi connectivity index (χ0) is 12.1. The van der Waals surface area contributed by atoms with E-state index in [1.54, 1.807) is 6.08 Å². The van der Waals surface area contributed by atoms with E-state index in [1.165, 1.54) is 6.08 Å². The van der Waals surface area contributed by atoms with Crippen molar-refractivity contribution in [2.24, 2.45) is 17.8 Å². The molecule has 0 aromatic rings. The van der Waals surface area contributed by atoms with E-state index in [4.69, 9.17) is 0 Å². The maximum atomic E-state index is 13.4. The van der Waals surface area contributed by atoms with Crippen LogP contribution in [0.5, 0.6) is 0 Å². The van der Waals surface area contributed by atoms with Gasteiger partial charge in [-0.15, -0.1) is 0 Å². The molecular formula is C9H9F4O2S-. The molecule has 7 heteroatoms. The smallest absolute Gasteiger partial charge is 0.371 e. The molecule has 0 aliphatic heterocycles. The lowest BCUT2D eigenvalue weighted by molar-refractivity contribution is -0.195. The van der Waals surface area contributed by atoms with Gasteiger partial charge in [0.2, 0.25) is 0 Å². The molecule has 2 nitrogen and oxygen atoms in total. The second kappa shape index (κ2) is 3.53. The number of halogens is 4. The molecule has 2 rings (SSSR count). The fourth-order valence-corrected chi connectivity index (χ4v) is 2.90. The SMILES string of the molecule is O=S([O-])C(F)(F)C(F)(F)C1CC2C=CC1C2. The van der Waals surface area contributed by atoms with Crippen molar-refractivity contribution in [3.63, 3.8) is 0 Å². The van der Waals surface area contributed by atoms with Crippen LogP contribution in [0, 0.1) is 17.8 Å². The third-order valence-corrected chi connectivity index (χ3v) is 4.03. The van der Waals surface area contributed by atoms with Gasteiger partial charge in [0.1, 0.15) is 0 Å². The van der Waals surface area contributed by atoms with E-state index in [0.717, 1.165) is 0 Å². The summed E-state index contributed by atoms with van der Waals surface area (Å²) in [7, 11) is 0. The number of rotatable bonds is 3. The predicted molar refractivity (Wildman–Crippen MR) is 47.7 cm³/mol. The molecule has 16 heavy (non-hydrogen) atoms. The topological polar surface area (TPSA) is 40.1 Å². The van der Waals surface area contributed by atoms with E-state index in [1.807, 2.05) is 0 Å². The van der Waals surface area contributed by atoms with Gasteiger partial charge in [-0.1, -0.05) is 12.2 Å². The summed E-state index contributed by atoms with van der Waals surface area (Å²) in [6.07, 6.45) is 3.56. The van der Waals surface area contributed by atoms with Gasteiger partial charge in [-0.05, 0) is 24.7 Å². The van der Waals surface area contributed by atoms with Gasteiger partial charge < -0.3 is 4.55 Å². The summed E-state index contributed by atoms with van der Waals surface area (Å²) in [5.74, 6) is -6.81. The maximum absolute atomic E-state index is 13.4. The molecule has 2 bridgehead atoms. The van der Waals surface area contributed by atoms with E-state index in [-0.39, 0.29) is 12.3 Å². The molecule has 2 aliphatic carbocycles. The lowest BCUT2D eigenvalue weighted by Gasteiger charge is -2.34. The molecule has 2 aliphatic rings. The van der Waals surface area contributed by atoms with Gasteiger partial charge in [0.15, 0.2) is 0 Å². The average Bonchev–Trinajstić information content (AvgIpc) is 2.77.